The minimum absolute atomic E-state index is 0.709. The van der Waals surface area contributed by atoms with Gasteiger partial charge in [-0.25, -0.2) is 0 Å². The number of nitrogens with zero attached hydrogens (tertiary/aromatic N) is 2. The molecule has 9 aromatic rings. The molecule has 0 saturated heterocycles. The fraction of sp³-hybridized carbons (Fsp3) is 0. The first kappa shape index (κ1) is 31.0. The lowest BCUT2D eigenvalue weighted by Crippen LogP contribution is -2.00. The van der Waals surface area contributed by atoms with Gasteiger partial charge in [-0.3, -0.25) is 0 Å². The molecule has 0 bridgehead atoms. The molecule has 4 heteroatoms. The molecule has 4 N–H and O–H groups in total. The van der Waals surface area contributed by atoms with Gasteiger partial charge in [-0.15, -0.1) is 0 Å². The second-order valence-corrected chi connectivity index (χ2v) is 13.0. The molecule has 0 unspecified atom stereocenters. The number of nitrogens with two attached hydrogens (primary N) is 2. The van der Waals surface area contributed by atoms with E-state index in [-0.39, 0.29) is 0 Å². The van der Waals surface area contributed by atoms with E-state index in [9.17, 15) is 0 Å². The Morgan fingerprint density at radius 2 is 1.10 bits per heavy atom. The van der Waals surface area contributed by atoms with E-state index in [1.165, 1.54) is 5.39 Å². The molecule has 0 aliphatic heterocycles. The lowest BCUT2D eigenvalue weighted by Gasteiger charge is -2.19. The van der Waals surface area contributed by atoms with Gasteiger partial charge in [-0.05, 0) is 94.1 Å². The van der Waals surface area contributed by atoms with Crippen LogP contribution in [0.3, 0.4) is 0 Å². The number of benzene rings is 7. The number of allylic oxidation sites excluding steroid dienone is 2. The molecular formula is C48H36N4. The van der Waals surface area contributed by atoms with Crippen molar-refractivity contribution in [1.82, 2.24) is 9.13 Å². The van der Waals surface area contributed by atoms with Gasteiger partial charge in [-0.2, -0.15) is 0 Å². The van der Waals surface area contributed by atoms with Crippen LogP contribution >= 0.6 is 0 Å². The van der Waals surface area contributed by atoms with Crippen LogP contribution in [0.2, 0.25) is 0 Å². The molecule has 4 nitrogen and oxygen atoms in total. The predicted molar refractivity (Wildman–Crippen MR) is 220 cm³/mol. The van der Waals surface area contributed by atoms with Crippen molar-refractivity contribution in [2.45, 2.75) is 0 Å². The third-order valence-electron chi connectivity index (χ3n) is 10.00. The van der Waals surface area contributed by atoms with Crippen molar-refractivity contribution in [2.24, 2.45) is 5.73 Å². The summed E-state index contributed by atoms with van der Waals surface area (Å²) in [4.78, 5) is 0. The molecule has 52 heavy (non-hydrogen) atoms. The molecular weight excluding hydrogens is 633 g/mol. The molecule has 0 aliphatic carbocycles. The number of hydrogen-bond donors (Lipinski definition) is 2. The minimum atomic E-state index is 0.709. The highest BCUT2D eigenvalue weighted by molar-refractivity contribution is 6.14. The Morgan fingerprint density at radius 3 is 1.79 bits per heavy atom. The quantitative estimate of drug-likeness (QED) is 0.131. The Bertz CT molecular complexity index is 2770. The third-order valence-corrected chi connectivity index (χ3v) is 10.00. The first-order valence-electron chi connectivity index (χ1n) is 17.5. The Kier molecular flexibility index (Phi) is 7.75. The number of fused-ring (bicyclic) bond motifs is 4. The van der Waals surface area contributed by atoms with Crippen LogP contribution in [-0.4, -0.2) is 9.13 Å². The summed E-state index contributed by atoms with van der Waals surface area (Å²) < 4.78 is 4.56. The van der Waals surface area contributed by atoms with Crippen molar-refractivity contribution in [2.75, 3.05) is 5.73 Å². The molecule has 248 valence electrons. The Morgan fingerprint density at radius 1 is 0.481 bits per heavy atom. The van der Waals surface area contributed by atoms with Crippen molar-refractivity contribution in [3.63, 3.8) is 0 Å². The summed E-state index contributed by atoms with van der Waals surface area (Å²) in [5.41, 5.74) is 27.0. The molecule has 2 aromatic heterocycles. The van der Waals surface area contributed by atoms with Gasteiger partial charge >= 0.3 is 0 Å². The highest BCUT2D eigenvalue weighted by atomic mass is 15.0. The number of hydrogen-bond acceptors (Lipinski definition) is 2. The lowest BCUT2D eigenvalue weighted by molar-refractivity contribution is 1.13. The topological polar surface area (TPSA) is 61.9 Å². The molecule has 0 atom stereocenters. The monoisotopic (exact) mass is 668 g/mol. The second kappa shape index (κ2) is 13.0. The van der Waals surface area contributed by atoms with Crippen LogP contribution in [0.25, 0.3) is 66.4 Å². The maximum absolute atomic E-state index is 7.18. The summed E-state index contributed by atoms with van der Waals surface area (Å²) in [6.07, 6.45) is 6.08. The summed E-state index contributed by atoms with van der Waals surface area (Å²) >= 11 is 0. The van der Waals surface area contributed by atoms with Crippen LogP contribution in [0.4, 0.5) is 5.69 Å². The summed E-state index contributed by atoms with van der Waals surface area (Å²) in [7, 11) is 0. The lowest BCUT2D eigenvalue weighted by atomic mass is 9.85. The van der Waals surface area contributed by atoms with Gasteiger partial charge < -0.3 is 20.6 Å². The van der Waals surface area contributed by atoms with E-state index in [0.717, 1.165) is 77.7 Å². The highest BCUT2D eigenvalue weighted by Gasteiger charge is 2.22. The molecule has 0 aliphatic rings. The summed E-state index contributed by atoms with van der Waals surface area (Å²) in [6.45, 7) is 0. The van der Waals surface area contributed by atoms with E-state index in [2.05, 4.69) is 167 Å². The first-order valence-corrected chi connectivity index (χ1v) is 17.5. The van der Waals surface area contributed by atoms with Crippen molar-refractivity contribution in [3.8, 4) is 22.5 Å². The SMILES string of the molecule is N/C=C(\C=C(c1ccccc1)c1c(-c2cc3c4ccccc4n(-c4ccccc4)c3cc2N)ccc2c1ccn2-c1ccccc1)c1ccccc1. The number of para-hydroxylation sites is 3. The molecule has 2 heterocycles. The summed E-state index contributed by atoms with van der Waals surface area (Å²) in [5, 5.41) is 3.44. The van der Waals surface area contributed by atoms with Gasteiger partial charge in [0.25, 0.3) is 0 Å². The van der Waals surface area contributed by atoms with Crippen molar-refractivity contribution < 1.29 is 0 Å². The number of rotatable bonds is 7. The average molecular weight is 669 g/mol. The third kappa shape index (κ3) is 5.26. The largest absolute Gasteiger partial charge is 0.404 e. The van der Waals surface area contributed by atoms with E-state index in [0.29, 0.717) is 5.69 Å². The maximum atomic E-state index is 7.18. The zero-order chi connectivity index (χ0) is 35.0. The molecule has 0 spiro atoms. The standard InChI is InChI=1S/C48H36N4/c49-32-35(33-15-5-1-6-16-33)29-41(34-17-7-2-8-18-34)48-39(25-26-45-40(48)27-28-51(45)36-19-9-3-10-20-36)42-30-43-38-23-13-14-24-46(38)52(47(43)31-44(42)50)37-21-11-4-12-22-37/h1-32H,49-50H2/b35-32+,41-29?. The van der Waals surface area contributed by atoms with Gasteiger partial charge in [0.1, 0.15) is 0 Å². The smallest absolute Gasteiger partial charge is 0.0562 e. The number of anilines is 1. The molecule has 0 radical (unpaired) electrons. The number of aromatic nitrogens is 2. The van der Waals surface area contributed by atoms with E-state index < -0.39 is 0 Å². The molecule has 0 amide bonds. The number of nitrogen functional groups attached to an aromatic ring is 1. The van der Waals surface area contributed by atoms with Crippen LogP contribution in [-0.2, 0) is 0 Å². The second-order valence-electron chi connectivity index (χ2n) is 13.0. The Hall–Kier alpha value is -7.04. The fourth-order valence-corrected chi connectivity index (χ4v) is 7.60. The Balaban J connectivity index is 1.37. The van der Waals surface area contributed by atoms with Crippen molar-refractivity contribution >= 4 is 49.5 Å². The highest BCUT2D eigenvalue weighted by Crippen LogP contribution is 2.44. The zero-order valence-corrected chi connectivity index (χ0v) is 28.5. The molecule has 0 saturated carbocycles. The first-order chi connectivity index (χ1) is 25.7. The Labute approximate surface area is 302 Å². The van der Waals surface area contributed by atoms with Gasteiger partial charge in [0, 0.05) is 51.2 Å². The van der Waals surface area contributed by atoms with Crippen LogP contribution in [0.5, 0.6) is 0 Å². The van der Waals surface area contributed by atoms with Crippen molar-refractivity contribution in [1.29, 1.82) is 0 Å². The van der Waals surface area contributed by atoms with Crippen molar-refractivity contribution in [3.05, 3.63) is 211 Å². The van der Waals surface area contributed by atoms with E-state index in [1.807, 2.05) is 30.3 Å². The molecule has 9 rings (SSSR count). The van der Waals surface area contributed by atoms with Crippen LogP contribution in [0.15, 0.2) is 194 Å². The zero-order valence-electron chi connectivity index (χ0n) is 28.5. The van der Waals surface area contributed by atoms with Crippen LogP contribution in [0.1, 0.15) is 16.7 Å². The van der Waals surface area contributed by atoms with E-state index >= 15 is 0 Å². The fourth-order valence-electron chi connectivity index (χ4n) is 7.60. The van der Waals surface area contributed by atoms with E-state index in [1.54, 1.807) is 6.20 Å². The van der Waals surface area contributed by atoms with Crippen LogP contribution < -0.4 is 11.5 Å². The maximum Gasteiger partial charge on any atom is 0.0562 e. The molecule has 7 aromatic carbocycles. The van der Waals surface area contributed by atoms with Gasteiger partial charge in [0.15, 0.2) is 0 Å². The van der Waals surface area contributed by atoms with Gasteiger partial charge in [0.2, 0.25) is 0 Å². The van der Waals surface area contributed by atoms with Gasteiger partial charge in [-0.1, -0.05) is 121 Å². The summed E-state index contributed by atoms with van der Waals surface area (Å²) in [5.74, 6) is 0. The normalized spacial score (nSPS) is 12.2. The van der Waals surface area contributed by atoms with Gasteiger partial charge in [0.05, 0.1) is 16.6 Å². The minimum Gasteiger partial charge on any atom is -0.404 e. The summed E-state index contributed by atoms with van der Waals surface area (Å²) in [6, 6.07) is 61.5. The van der Waals surface area contributed by atoms with Crippen LogP contribution in [0, 0.1) is 0 Å². The van der Waals surface area contributed by atoms with E-state index in [4.69, 9.17) is 11.5 Å². The predicted octanol–water partition coefficient (Wildman–Crippen LogP) is 11.4. The average Bonchev–Trinajstić information content (AvgIpc) is 3.78. The molecule has 0 fully saturated rings.